The lowest BCUT2D eigenvalue weighted by Gasteiger charge is -2.40. The zero-order chi connectivity index (χ0) is 16.9. The Bertz CT molecular complexity index is 666. The van der Waals surface area contributed by atoms with E-state index in [4.69, 9.17) is 5.73 Å². The van der Waals surface area contributed by atoms with Gasteiger partial charge in [-0.15, -0.1) is 0 Å². The molecule has 10 heteroatoms. The Morgan fingerprint density at radius 2 is 1.83 bits per heavy atom. The number of alkyl halides is 2. The van der Waals surface area contributed by atoms with Crippen LogP contribution in [0.3, 0.4) is 0 Å². The van der Waals surface area contributed by atoms with Crippen molar-refractivity contribution in [3.05, 3.63) is 23.8 Å². The van der Waals surface area contributed by atoms with Gasteiger partial charge in [0, 0.05) is 12.1 Å². The number of hydrogen-bond donors (Lipinski definition) is 1. The number of nitrogens with zero attached hydrogens (tertiary/aromatic N) is 2. The lowest BCUT2D eigenvalue weighted by atomic mass is 10.1. The Hall–Kier alpha value is -2.52. The first-order valence-corrected chi connectivity index (χ1v) is 6.57. The molecule has 0 unspecified atom stereocenters. The molecule has 2 N–H and O–H groups in total. The van der Waals surface area contributed by atoms with Crippen molar-refractivity contribution in [1.29, 1.82) is 0 Å². The van der Waals surface area contributed by atoms with Crippen LogP contribution in [0.1, 0.15) is 0 Å². The van der Waals surface area contributed by atoms with Crippen LogP contribution in [0.25, 0.3) is 0 Å². The van der Waals surface area contributed by atoms with Gasteiger partial charge in [-0.05, 0) is 0 Å². The number of ether oxygens (including phenoxy) is 1. The van der Waals surface area contributed by atoms with Gasteiger partial charge in [0.1, 0.15) is 5.69 Å². The first-order chi connectivity index (χ1) is 10.7. The SMILES string of the molecule is NC(=O)[C@H]1CN(c2cc(F)c(N3CC(F)(F)C3)c(F)c2)C(=O)O1. The van der Waals surface area contributed by atoms with Gasteiger partial charge >= 0.3 is 6.09 Å². The zero-order valence-corrected chi connectivity index (χ0v) is 11.6. The molecule has 1 aromatic carbocycles. The minimum Gasteiger partial charge on any atom is -0.434 e. The summed E-state index contributed by atoms with van der Waals surface area (Å²) in [6, 6.07) is 1.64. The van der Waals surface area contributed by atoms with Crippen LogP contribution in [-0.2, 0) is 9.53 Å². The highest BCUT2D eigenvalue weighted by molar-refractivity contribution is 5.95. The summed E-state index contributed by atoms with van der Waals surface area (Å²) in [5.41, 5.74) is 4.23. The van der Waals surface area contributed by atoms with Crippen LogP contribution in [-0.4, -0.2) is 43.7 Å². The number of carbonyl (C=O) groups is 2. The van der Waals surface area contributed by atoms with Gasteiger partial charge in [-0.25, -0.2) is 22.4 Å². The number of carbonyl (C=O) groups excluding carboxylic acids is 2. The summed E-state index contributed by atoms with van der Waals surface area (Å²) < 4.78 is 58.5. The zero-order valence-electron chi connectivity index (χ0n) is 11.6. The van der Waals surface area contributed by atoms with Crippen LogP contribution in [0.2, 0.25) is 0 Å². The summed E-state index contributed by atoms with van der Waals surface area (Å²) in [5, 5.41) is 0. The number of rotatable bonds is 3. The predicted molar refractivity (Wildman–Crippen MR) is 70.3 cm³/mol. The Labute approximate surface area is 127 Å². The molecule has 2 aliphatic heterocycles. The molecule has 1 atom stereocenters. The molecule has 2 aliphatic rings. The summed E-state index contributed by atoms with van der Waals surface area (Å²) in [6.45, 7) is -1.85. The highest BCUT2D eigenvalue weighted by Gasteiger charge is 2.46. The van der Waals surface area contributed by atoms with E-state index in [1.807, 2.05) is 0 Å². The maximum Gasteiger partial charge on any atom is 0.415 e. The third kappa shape index (κ3) is 2.64. The molecule has 2 heterocycles. The van der Waals surface area contributed by atoms with Gasteiger partial charge in [0.2, 0.25) is 0 Å². The molecule has 2 saturated heterocycles. The first-order valence-electron chi connectivity index (χ1n) is 6.57. The number of hydrogen-bond acceptors (Lipinski definition) is 4. The fourth-order valence-electron chi connectivity index (χ4n) is 2.50. The van der Waals surface area contributed by atoms with E-state index in [2.05, 4.69) is 4.74 Å². The van der Waals surface area contributed by atoms with Crippen molar-refractivity contribution in [1.82, 2.24) is 0 Å². The first kappa shape index (κ1) is 15.4. The van der Waals surface area contributed by atoms with Crippen LogP contribution in [0.5, 0.6) is 0 Å². The molecule has 0 saturated carbocycles. The quantitative estimate of drug-likeness (QED) is 0.844. The van der Waals surface area contributed by atoms with Gasteiger partial charge in [0.15, 0.2) is 17.7 Å². The van der Waals surface area contributed by atoms with E-state index in [0.717, 1.165) is 21.9 Å². The van der Waals surface area contributed by atoms with Crippen LogP contribution >= 0.6 is 0 Å². The van der Waals surface area contributed by atoms with Crippen LogP contribution in [0, 0.1) is 11.6 Å². The molecular weight excluding hydrogens is 322 g/mol. The lowest BCUT2D eigenvalue weighted by molar-refractivity contribution is -0.124. The van der Waals surface area contributed by atoms with E-state index in [9.17, 15) is 27.2 Å². The van der Waals surface area contributed by atoms with Gasteiger partial charge in [-0.3, -0.25) is 9.69 Å². The summed E-state index contributed by atoms with van der Waals surface area (Å²) >= 11 is 0. The monoisotopic (exact) mass is 333 g/mol. The molecule has 0 aromatic heterocycles. The average Bonchev–Trinajstić information content (AvgIpc) is 2.78. The highest BCUT2D eigenvalue weighted by Crippen LogP contribution is 2.37. The van der Waals surface area contributed by atoms with Crippen molar-refractivity contribution in [2.75, 3.05) is 29.4 Å². The Kier molecular flexibility index (Phi) is 3.34. The maximum atomic E-state index is 14.1. The standard InChI is InChI=1S/C13H11F4N3O3/c14-7-1-6(20-3-9(11(18)21)23-12(20)22)2-8(15)10(7)19-4-13(16,17)5-19/h1-2,9H,3-5H2,(H2,18,21)/t9-/m1/s1. The summed E-state index contributed by atoms with van der Waals surface area (Å²) in [6.07, 6.45) is -2.20. The second-order valence-electron chi connectivity index (χ2n) is 5.36. The number of nitrogens with two attached hydrogens (primary N) is 1. The highest BCUT2D eigenvalue weighted by atomic mass is 19.3. The van der Waals surface area contributed by atoms with E-state index in [1.54, 1.807) is 0 Å². The number of primary amides is 1. The summed E-state index contributed by atoms with van der Waals surface area (Å²) in [4.78, 5) is 24.3. The molecule has 6 nitrogen and oxygen atoms in total. The van der Waals surface area contributed by atoms with Gasteiger partial charge in [0.25, 0.3) is 11.8 Å². The van der Waals surface area contributed by atoms with Gasteiger partial charge in [-0.1, -0.05) is 0 Å². The molecule has 0 bridgehead atoms. The summed E-state index contributed by atoms with van der Waals surface area (Å²) in [7, 11) is 0. The van der Waals surface area contributed by atoms with E-state index in [1.165, 1.54) is 0 Å². The molecule has 1 aromatic rings. The Morgan fingerprint density at radius 3 is 2.26 bits per heavy atom. The van der Waals surface area contributed by atoms with Crippen molar-refractivity contribution < 1.29 is 31.9 Å². The van der Waals surface area contributed by atoms with E-state index in [0.29, 0.717) is 0 Å². The smallest absolute Gasteiger partial charge is 0.415 e. The second kappa shape index (κ2) is 5.00. The molecule has 0 spiro atoms. The average molecular weight is 333 g/mol. The number of anilines is 2. The molecule has 2 fully saturated rings. The molecule has 3 rings (SSSR count). The van der Waals surface area contributed by atoms with Crippen LogP contribution < -0.4 is 15.5 Å². The number of amides is 2. The van der Waals surface area contributed by atoms with E-state index < -0.39 is 54.4 Å². The van der Waals surface area contributed by atoms with E-state index >= 15 is 0 Å². The van der Waals surface area contributed by atoms with Crippen molar-refractivity contribution in [3.8, 4) is 0 Å². The molecule has 2 amide bonds. The van der Waals surface area contributed by atoms with Crippen molar-refractivity contribution in [2.45, 2.75) is 12.0 Å². The van der Waals surface area contributed by atoms with Crippen molar-refractivity contribution >= 4 is 23.4 Å². The van der Waals surface area contributed by atoms with Gasteiger partial charge < -0.3 is 15.4 Å². The van der Waals surface area contributed by atoms with Crippen LogP contribution in [0.15, 0.2) is 12.1 Å². The Balaban J connectivity index is 1.86. The lowest BCUT2D eigenvalue weighted by Crippen LogP contribution is -2.57. The second-order valence-corrected chi connectivity index (χ2v) is 5.36. The van der Waals surface area contributed by atoms with Crippen LogP contribution in [0.4, 0.5) is 33.7 Å². The fraction of sp³-hybridized carbons (Fsp3) is 0.385. The molecule has 124 valence electrons. The molecule has 23 heavy (non-hydrogen) atoms. The number of cyclic esters (lactones) is 1. The third-order valence-corrected chi connectivity index (χ3v) is 3.60. The minimum absolute atomic E-state index is 0.190. The fourth-order valence-corrected chi connectivity index (χ4v) is 2.50. The normalized spacial score (nSPS) is 22.8. The molecular formula is C13H11F4N3O3. The maximum absolute atomic E-state index is 14.1. The van der Waals surface area contributed by atoms with Crippen molar-refractivity contribution in [2.24, 2.45) is 5.73 Å². The summed E-state index contributed by atoms with van der Waals surface area (Å²) in [5.74, 6) is -6.05. The third-order valence-electron chi connectivity index (χ3n) is 3.60. The Morgan fingerprint density at radius 1 is 1.26 bits per heavy atom. The molecule has 0 aliphatic carbocycles. The van der Waals surface area contributed by atoms with Gasteiger partial charge in [-0.2, -0.15) is 0 Å². The number of halogens is 4. The van der Waals surface area contributed by atoms with Gasteiger partial charge in [0.05, 0.1) is 25.3 Å². The molecule has 0 radical (unpaired) electrons. The van der Waals surface area contributed by atoms with E-state index in [-0.39, 0.29) is 12.2 Å². The van der Waals surface area contributed by atoms with Crippen molar-refractivity contribution in [3.63, 3.8) is 0 Å². The predicted octanol–water partition coefficient (Wildman–Crippen LogP) is 1.23. The minimum atomic E-state index is -2.98. The number of benzene rings is 1. The largest absolute Gasteiger partial charge is 0.434 e. The topological polar surface area (TPSA) is 75.9 Å².